The van der Waals surface area contributed by atoms with Crippen LogP contribution in [0.1, 0.15) is 0 Å². The Hall–Kier alpha value is -2.79. The van der Waals surface area contributed by atoms with E-state index >= 15 is 0 Å². The number of carboxylic acid groups (broad SMARTS) is 1. The van der Waals surface area contributed by atoms with Gasteiger partial charge in [0.25, 0.3) is 5.91 Å². The summed E-state index contributed by atoms with van der Waals surface area (Å²) >= 11 is 2.89. The van der Waals surface area contributed by atoms with Crippen molar-refractivity contribution in [1.29, 1.82) is 0 Å². The first kappa shape index (κ1) is 25.5. The monoisotopic (exact) mass is 550 g/mol. The van der Waals surface area contributed by atoms with Gasteiger partial charge in [-0.05, 0) is 34.6 Å². The first-order chi connectivity index (χ1) is 18.4. The molecule has 7 rings (SSSR count). The second kappa shape index (κ2) is 10.4. The highest BCUT2D eigenvalue weighted by atomic mass is 32.2. The van der Waals surface area contributed by atoms with Crippen molar-refractivity contribution >= 4 is 52.1 Å². The van der Waals surface area contributed by atoms with Gasteiger partial charge in [-0.1, -0.05) is 36.4 Å². The van der Waals surface area contributed by atoms with Crippen molar-refractivity contribution in [3.05, 3.63) is 65.9 Å². The third-order valence-corrected chi connectivity index (χ3v) is 10.4. The van der Waals surface area contributed by atoms with Gasteiger partial charge in [0.1, 0.15) is 11.4 Å². The molecule has 0 aromatic heterocycles. The molecule has 2 amide bonds. The number of quaternary nitrogens is 1. The van der Waals surface area contributed by atoms with Gasteiger partial charge in [0.05, 0.1) is 43.6 Å². The number of fused-ring (bicyclic) bond motifs is 5. The quantitative estimate of drug-likeness (QED) is 0.298. The molecule has 0 aliphatic carbocycles. The predicted molar refractivity (Wildman–Crippen MR) is 147 cm³/mol. The summed E-state index contributed by atoms with van der Waals surface area (Å²) in [5.74, 6) is -1.36. The second-order valence-corrected chi connectivity index (χ2v) is 12.5. The first-order valence-electron chi connectivity index (χ1n) is 13.0. The fourth-order valence-corrected chi connectivity index (χ4v) is 7.88. The highest BCUT2D eigenvalue weighted by Gasteiger charge is 2.52. The Morgan fingerprint density at radius 1 is 1.11 bits per heavy atom. The van der Waals surface area contributed by atoms with Crippen LogP contribution in [0.25, 0.3) is 10.8 Å². The Labute approximate surface area is 230 Å². The number of nitrogens with one attached hydrogen (secondary N) is 1. The van der Waals surface area contributed by atoms with Crippen molar-refractivity contribution in [2.24, 2.45) is 0 Å². The normalized spacial score (nSPS) is 28.5. The molecule has 4 fully saturated rings. The van der Waals surface area contributed by atoms with E-state index in [1.54, 1.807) is 0 Å². The third-order valence-electron chi connectivity index (χ3n) is 8.08. The number of rotatable bonds is 8. The lowest BCUT2D eigenvalue weighted by Gasteiger charge is -2.51. The minimum Gasteiger partial charge on any atom is -0.543 e. The van der Waals surface area contributed by atoms with Gasteiger partial charge in [-0.25, -0.2) is 0 Å². The molecule has 0 spiro atoms. The summed E-state index contributed by atoms with van der Waals surface area (Å²) in [7, 11) is 0. The van der Waals surface area contributed by atoms with Crippen LogP contribution in [0.15, 0.2) is 70.8 Å². The van der Waals surface area contributed by atoms with E-state index in [1.807, 2.05) is 48.5 Å². The minimum atomic E-state index is -1.35. The molecule has 0 unspecified atom stereocenters. The molecule has 1 N–H and O–H groups in total. The van der Waals surface area contributed by atoms with Crippen LogP contribution >= 0.6 is 23.5 Å². The molecule has 8 nitrogen and oxygen atoms in total. The Balaban J connectivity index is 1.07. The molecule has 2 atom stereocenters. The fraction of sp³-hybridized carbons (Fsp3) is 0.393. The number of amides is 2. The van der Waals surface area contributed by atoms with Gasteiger partial charge in [-0.15, -0.1) is 23.5 Å². The number of carboxylic acids is 1. The van der Waals surface area contributed by atoms with Gasteiger partial charge >= 0.3 is 0 Å². The van der Waals surface area contributed by atoms with E-state index in [9.17, 15) is 19.5 Å². The van der Waals surface area contributed by atoms with Crippen molar-refractivity contribution in [3.8, 4) is 0 Å². The Kier molecular flexibility index (Phi) is 6.98. The summed E-state index contributed by atoms with van der Waals surface area (Å²) in [5.41, 5.74) is 0.541. The van der Waals surface area contributed by atoms with Crippen molar-refractivity contribution in [2.75, 3.05) is 57.3 Å². The van der Waals surface area contributed by atoms with Crippen LogP contribution in [0.2, 0.25) is 0 Å². The summed E-state index contributed by atoms with van der Waals surface area (Å²) in [6, 6.07) is 13.4. The SMILES string of the molecule is O=C(CSc1ccc2ccccc2c1)N[C@@H]1C(=O)N2C(C(=O)[O-])=C(/C=C/C[N+]34CCN(CC3)CC4)CS[C@H]12. The van der Waals surface area contributed by atoms with Gasteiger partial charge in [0.15, 0.2) is 0 Å². The molecule has 5 aliphatic heterocycles. The van der Waals surface area contributed by atoms with Crippen molar-refractivity contribution in [1.82, 2.24) is 15.1 Å². The van der Waals surface area contributed by atoms with Crippen LogP contribution in [0.5, 0.6) is 0 Å². The smallest absolute Gasteiger partial charge is 0.253 e. The number of hydrogen-bond donors (Lipinski definition) is 1. The van der Waals surface area contributed by atoms with Crippen LogP contribution in [-0.4, -0.2) is 101 Å². The summed E-state index contributed by atoms with van der Waals surface area (Å²) in [5, 5.41) is 16.7. The maximum Gasteiger partial charge on any atom is 0.253 e. The van der Waals surface area contributed by atoms with E-state index in [0.29, 0.717) is 11.3 Å². The largest absolute Gasteiger partial charge is 0.543 e. The summed E-state index contributed by atoms with van der Waals surface area (Å²) in [6.45, 7) is 7.60. The summed E-state index contributed by atoms with van der Waals surface area (Å²) in [4.78, 5) is 42.5. The molecular weight excluding hydrogens is 520 g/mol. The molecule has 0 saturated carbocycles. The van der Waals surface area contributed by atoms with Crippen molar-refractivity contribution in [2.45, 2.75) is 16.3 Å². The standard InChI is InChI=1S/C28H30N4O4S2/c33-23(18-37-22-8-7-19-4-1-2-5-20(19)16-22)29-24-26(34)31-25(28(35)36)21(17-38-27(24)31)6-3-12-32-13-9-30(10-14-32)11-15-32/h1-8,16,24,27H,9-15,17-18H2,(H-,29,33,35,36)/b6-3+/t24-,27-/m1/s1. The molecule has 5 heterocycles. The number of thioether (sulfide) groups is 2. The number of nitrogens with zero attached hydrogens (tertiary/aromatic N) is 3. The lowest BCUT2D eigenvalue weighted by atomic mass is 10.0. The van der Waals surface area contributed by atoms with Crippen molar-refractivity contribution < 1.29 is 24.0 Å². The molecule has 198 valence electrons. The number of carbonyl (C=O) groups excluding carboxylic acids is 3. The van der Waals surface area contributed by atoms with Gasteiger partial charge in [-0.3, -0.25) is 19.4 Å². The van der Waals surface area contributed by atoms with Gasteiger partial charge in [-0.2, -0.15) is 0 Å². The Morgan fingerprint density at radius 3 is 2.58 bits per heavy atom. The summed E-state index contributed by atoms with van der Waals surface area (Å²) < 4.78 is 1.05. The highest BCUT2D eigenvalue weighted by Crippen LogP contribution is 2.40. The van der Waals surface area contributed by atoms with Crippen molar-refractivity contribution in [3.63, 3.8) is 0 Å². The van der Waals surface area contributed by atoms with Crippen LogP contribution in [0.4, 0.5) is 0 Å². The van der Waals surface area contributed by atoms with Gasteiger partial charge < -0.3 is 19.7 Å². The molecule has 4 saturated heterocycles. The predicted octanol–water partition coefficient (Wildman–Crippen LogP) is 1.04. The van der Waals surface area contributed by atoms with Crippen LogP contribution in [0, 0.1) is 0 Å². The van der Waals surface area contributed by atoms with E-state index in [2.05, 4.69) is 16.3 Å². The number of hydrogen-bond acceptors (Lipinski definition) is 7. The number of benzene rings is 2. The zero-order valence-corrected chi connectivity index (χ0v) is 22.6. The lowest BCUT2D eigenvalue weighted by Crippen LogP contribution is -2.71. The number of piperazine rings is 3. The topological polar surface area (TPSA) is 92.8 Å². The Bertz CT molecular complexity index is 1340. The molecular formula is C28H30N4O4S2. The van der Waals surface area contributed by atoms with E-state index in [4.69, 9.17) is 0 Å². The highest BCUT2D eigenvalue weighted by molar-refractivity contribution is 8.00. The zero-order chi connectivity index (χ0) is 26.3. The average molecular weight is 551 g/mol. The number of β-lactam (4-membered cyclic amide) rings is 1. The minimum absolute atomic E-state index is 0.0606. The zero-order valence-electron chi connectivity index (χ0n) is 21.0. The van der Waals surface area contributed by atoms with E-state index in [-0.39, 0.29) is 17.4 Å². The molecule has 0 radical (unpaired) electrons. The van der Waals surface area contributed by atoms with Crippen LogP contribution in [0.3, 0.4) is 0 Å². The third kappa shape index (κ3) is 4.86. The first-order valence-corrected chi connectivity index (χ1v) is 15.0. The molecule has 2 aromatic carbocycles. The van der Waals surface area contributed by atoms with Gasteiger partial charge in [0.2, 0.25) is 5.91 Å². The molecule has 2 bridgehead atoms. The van der Waals surface area contributed by atoms with Crippen LogP contribution in [-0.2, 0) is 14.4 Å². The van der Waals surface area contributed by atoms with Crippen LogP contribution < -0.4 is 10.4 Å². The molecule has 2 aromatic rings. The van der Waals surface area contributed by atoms with E-state index in [0.717, 1.165) is 66.0 Å². The molecule has 38 heavy (non-hydrogen) atoms. The lowest BCUT2D eigenvalue weighted by molar-refractivity contribution is -0.935. The number of carbonyl (C=O) groups is 3. The van der Waals surface area contributed by atoms with E-state index in [1.165, 1.54) is 28.4 Å². The maximum atomic E-state index is 13.0. The summed E-state index contributed by atoms with van der Waals surface area (Å²) in [6.07, 6.45) is 3.93. The van der Waals surface area contributed by atoms with Gasteiger partial charge in [0, 0.05) is 30.3 Å². The van der Waals surface area contributed by atoms with E-state index < -0.39 is 23.3 Å². The molecule has 5 aliphatic rings. The number of aliphatic carboxylic acids is 1. The average Bonchev–Trinajstić information content (AvgIpc) is 2.95. The number of allylic oxidation sites excluding steroid dienone is 1. The maximum absolute atomic E-state index is 13.0. The second-order valence-electron chi connectivity index (χ2n) is 10.4. The fourth-order valence-electron chi connectivity index (χ4n) is 5.81. The molecule has 10 heteroatoms. The Morgan fingerprint density at radius 2 is 1.84 bits per heavy atom.